The van der Waals surface area contributed by atoms with Crippen molar-refractivity contribution in [3.8, 4) is 0 Å². The second kappa shape index (κ2) is 3.18. The molecule has 54 valence electrons. The Morgan fingerprint density at radius 1 is 1.56 bits per heavy atom. The lowest BCUT2D eigenvalue weighted by atomic mass is 9.95. The summed E-state index contributed by atoms with van der Waals surface area (Å²) in [4.78, 5) is 0. The second-order valence-corrected chi connectivity index (χ2v) is 2.93. The molecule has 0 aromatic carbocycles. The Balaban J connectivity index is 2.23. The van der Waals surface area contributed by atoms with Gasteiger partial charge in [0.2, 0.25) is 0 Å². The van der Waals surface area contributed by atoms with E-state index in [1.165, 1.54) is 0 Å². The Morgan fingerprint density at radius 2 is 2.33 bits per heavy atom. The third-order valence-corrected chi connectivity index (χ3v) is 1.75. The van der Waals surface area contributed by atoms with Gasteiger partial charge in [0.1, 0.15) is 0 Å². The van der Waals surface area contributed by atoms with Crippen molar-refractivity contribution in [2.24, 2.45) is 11.8 Å². The van der Waals surface area contributed by atoms with Crippen LogP contribution in [-0.2, 0) is 4.74 Å². The zero-order valence-electron chi connectivity index (χ0n) is 5.84. The molecule has 0 spiro atoms. The monoisotopic (exact) mass is 130 g/mol. The first-order chi connectivity index (χ1) is 4.33. The molecule has 1 heterocycles. The highest BCUT2D eigenvalue weighted by Gasteiger charge is 2.17. The SMILES string of the molecule is CC1COCC(CO)C1. The summed E-state index contributed by atoms with van der Waals surface area (Å²) in [6.07, 6.45) is 1.12. The summed E-state index contributed by atoms with van der Waals surface area (Å²) < 4.78 is 5.23. The van der Waals surface area contributed by atoms with Gasteiger partial charge in [0.15, 0.2) is 0 Å². The molecule has 0 amide bonds. The molecule has 2 atom stereocenters. The van der Waals surface area contributed by atoms with Crippen LogP contribution in [-0.4, -0.2) is 24.9 Å². The van der Waals surface area contributed by atoms with Gasteiger partial charge in [-0.15, -0.1) is 0 Å². The molecule has 1 rings (SSSR count). The maximum Gasteiger partial charge on any atom is 0.0516 e. The Morgan fingerprint density at radius 3 is 2.78 bits per heavy atom. The zero-order chi connectivity index (χ0) is 6.69. The lowest BCUT2D eigenvalue weighted by Crippen LogP contribution is -2.25. The molecule has 1 saturated heterocycles. The minimum Gasteiger partial charge on any atom is -0.396 e. The van der Waals surface area contributed by atoms with E-state index in [0.29, 0.717) is 11.8 Å². The number of rotatable bonds is 1. The molecular formula is C7H14O2. The summed E-state index contributed by atoms with van der Waals surface area (Å²) in [6, 6.07) is 0. The predicted octanol–water partition coefficient (Wildman–Crippen LogP) is 0.651. The van der Waals surface area contributed by atoms with E-state index in [0.717, 1.165) is 19.6 Å². The smallest absolute Gasteiger partial charge is 0.0516 e. The molecule has 0 aliphatic carbocycles. The van der Waals surface area contributed by atoms with Crippen molar-refractivity contribution in [2.75, 3.05) is 19.8 Å². The molecule has 0 bridgehead atoms. The van der Waals surface area contributed by atoms with Crippen LogP contribution in [0.1, 0.15) is 13.3 Å². The van der Waals surface area contributed by atoms with Gasteiger partial charge < -0.3 is 9.84 Å². The average molecular weight is 130 g/mol. The normalized spacial score (nSPS) is 36.7. The lowest BCUT2D eigenvalue weighted by Gasteiger charge is -2.25. The molecule has 0 radical (unpaired) electrons. The van der Waals surface area contributed by atoms with Crippen molar-refractivity contribution in [3.63, 3.8) is 0 Å². The van der Waals surface area contributed by atoms with Crippen LogP contribution >= 0.6 is 0 Å². The number of aliphatic hydroxyl groups excluding tert-OH is 1. The van der Waals surface area contributed by atoms with Crippen LogP contribution in [0.5, 0.6) is 0 Å². The highest BCUT2D eigenvalue weighted by atomic mass is 16.5. The van der Waals surface area contributed by atoms with E-state index in [2.05, 4.69) is 6.92 Å². The fourth-order valence-corrected chi connectivity index (χ4v) is 1.27. The average Bonchev–Trinajstić information content (AvgIpc) is 1.88. The highest BCUT2D eigenvalue weighted by molar-refractivity contribution is 4.66. The fraction of sp³-hybridized carbons (Fsp3) is 1.00. The molecule has 0 saturated carbocycles. The van der Waals surface area contributed by atoms with E-state index < -0.39 is 0 Å². The Labute approximate surface area is 55.8 Å². The molecule has 2 unspecified atom stereocenters. The first kappa shape index (κ1) is 7.03. The zero-order valence-corrected chi connectivity index (χ0v) is 5.84. The quantitative estimate of drug-likeness (QED) is 0.564. The molecule has 1 fully saturated rings. The van der Waals surface area contributed by atoms with Crippen molar-refractivity contribution >= 4 is 0 Å². The molecule has 0 aromatic rings. The lowest BCUT2D eigenvalue weighted by molar-refractivity contribution is 0.000938. The highest BCUT2D eigenvalue weighted by Crippen LogP contribution is 2.17. The molecule has 0 aromatic heterocycles. The van der Waals surface area contributed by atoms with Crippen LogP contribution in [0.2, 0.25) is 0 Å². The van der Waals surface area contributed by atoms with E-state index >= 15 is 0 Å². The number of aliphatic hydroxyl groups is 1. The van der Waals surface area contributed by atoms with Crippen molar-refractivity contribution in [1.29, 1.82) is 0 Å². The third-order valence-electron chi connectivity index (χ3n) is 1.75. The van der Waals surface area contributed by atoms with Crippen molar-refractivity contribution in [1.82, 2.24) is 0 Å². The number of hydrogen-bond acceptors (Lipinski definition) is 2. The Bertz CT molecular complexity index is 83.0. The second-order valence-electron chi connectivity index (χ2n) is 2.93. The van der Waals surface area contributed by atoms with Gasteiger partial charge in [0.05, 0.1) is 6.61 Å². The maximum absolute atomic E-state index is 8.73. The van der Waals surface area contributed by atoms with Crippen LogP contribution in [0.3, 0.4) is 0 Å². The summed E-state index contributed by atoms with van der Waals surface area (Å²) in [5, 5.41) is 8.73. The van der Waals surface area contributed by atoms with Crippen molar-refractivity contribution in [3.05, 3.63) is 0 Å². The summed E-state index contributed by atoms with van der Waals surface area (Å²) in [5.74, 6) is 1.03. The molecule has 1 N–H and O–H groups in total. The topological polar surface area (TPSA) is 29.5 Å². The van der Waals surface area contributed by atoms with E-state index in [9.17, 15) is 0 Å². The number of ether oxygens (including phenoxy) is 1. The molecule has 2 heteroatoms. The van der Waals surface area contributed by atoms with Gasteiger partial charge in [-0.3, -0.25) is 0 Å². The largest absolute Gasteiger partial charge is 0.396 e. The van der Waals surface area contributed by atoms with Crippen LogP contribution in [0.15, 0.2) is 0 Å². The first-order valence-electron chi connectivity index (χ1n) is 3.51. The minimum atomic E-state index is 0.282. The third kappa shape index (κ3) is 1.95. The summed E-state index contributed by atoms with van der Waals surface area (Å²) in [6.45, 7) is 4.06. The Kier molecular flexibility index (Phi) is 2.49. The summed E-state index contributed by atoms with van der Waals surface area (Å²) in [5.41, 5.74) is 0. The van der Waals surface area contributed by atoms with Crippen LogP contribution in [0.25, 0.3) is 0 Å². The van der Waals surface area contributed by atoms with E-state index in [1.54, 1.807) is 0 Å². The maximum atomic E-state index is 8.73. The minimum absolute atomic E-state index is 0.282. The predicted molar refractivity (Wildman–Crippen MR) is 35.2 cm³/mol. The molecule has 2 nitrogen and oxygen atoms in total. The van der Waals surface area contributed by atoms with Crippen LogP contribution in [0, 0.1) is 11.8 Å². The Hall–Kier alpha value is -0.0800. The van der Waals surface area contributed by atoms with Crippen LogP contribution in [0.4, 0.5) is 0 Å². The van der Waals surface area contributed by atoms with E-state index in [-0.39, 0.29) is 6.61 Å². The van der Waals surface area contributed by atoms with Crippen molar-refractivity contribution in [2.45, 2.75) is 13.3 Å². The van der Waals surface area contributed by atoms with Gasteiger partial charge in [-0.2, -0.15) is 0 Å². The number of hydrogen-bond donors (Lipinski definition) is 1. The fourth-order valence-electron chi connectivity index (χ4n) is 1.27. The molecule has 1 aliphatic heterocycles. The van der Waals surface area contributed by atoms with Gasteiger partial charge in [-0.1, -0.05) is 6.92 Å². The molecule has 1 aliphatic rings. The first-order valence-corrected chi connectivity index (χ1v) is 3.51. The van der Waals surface area contributed by atoms with E-state index in [4.69, 9.17) is 9.84 Å². The molecule has 9 heavy (non-hydrogen) atoms. The van der Waals surface area contributed by atoms with Crippen molar-refractivity contribution < 1.29 is 9.84 Å². The van der Waals surface area contributed by atoms with Gasteiger partial charge in [-0.05, 0) is 12.3 Å². The van der Waals surface area contributed by atoms with Gasteiger partial charge >= 0.3 is 0 Å². The standard InChI is InChI=1S/C7H14O2/c1-6-2-7(3-8)5-9-4-6/h6-8H,2-5H2,1H3. The van der Waals surface area contributed by atoms with Gasteiger partial charge in [0, 0.05) is 19.1 Å². The summed E-state index contributed by atoms with van der Waals surface area (Å²) >= 11 is 0. The molecular weight excluding hydrogens is 116 g/mol. The van der Waals surface area contributed by atoms with Gasteiger partial charge in [-0.25, -0.2) is 0 Å². The summed E-state index contributed by atoms with van der Waals surface area (Å²) in [7, 11) is 0. The van der Waals surface area contributed by atoms with Gasteiger partial charge in [0.25, 0.3) is 0 Å². The van der Waals surface area contributed by atoms with Crippen LogP contribution < -0.4 is 0 Å². The van der Waals surface area contributed by atoms with E-state index in [1.807, 2.05) is 0 Å².